The van der Waals surface area contributed by atoms with Crippen molar-refractivity contribution in [1.29, 1.82) is 0 Å². The van der Waals surface area contributed by atoms with Crippen molar-refractivity contribution in [2.75, 3.05) is 32.8 Å². The van der Waals surface area contributed by atoms with Gasteiger partial charge in [0.25, 0.3) is 0 Å². The third kappa shape index (κ3) is 5.25. The van der Waals surface area contributed by atoms with Crippen LogP contribution in [0.25, 0.3) is 0 Å². The van der Waals surface area contributed by atoms with Gasteiger partial charge in [0.1, 0.15) is 12.4 Å². The summed E-state index contributed by atoms with van der Waals surface area (Å²) in [6, 6.07) is 21.1. The van der Waals surface area contributed by atoms with E-state index >= 15 is 0 Å². The van der Waals surface area contributed by atoms with E-state index in [1.165, 1.54) is 11.1 Å². The van der Waals surface area contributed by atoms with Crippen LogP contribution in [-0.2, 0) is 13.1 Å². The predicted octanol–water partition coefficient (Wildman–Crippen LogP) is 3.84. The van der Waals surface area contributed by atoms with E-state index in [0.717, 1.165) is 45.0 Å². The van der Waals surface area contributed by atoms with E-state index in [-0.39, 0.29) is 6.04 Å². The molecule has 5 nitrogen and oxygen atoms in total. The lowest BCUT2D eigenvalue weighted by Gasteiger charge is -2.39. The lowest BCUT2D eigenvalue weighted by atomic mass is 10.0. The van der Waals surface area contributed by atoms with Crippen LogP contribution in [0.3, 0.4) is 0 Å². The lowest BCUT2D eigenvalue weighted by molar-refractivity contribution is 0.0678. The van der Waals surface area contributed by atoms with Crippen LogP contribution in [0.15, 0.2) is 73.1 Å². The summed E-state index contributed by atoms with van der Waals surface area (Å²) >= 11 is 0. The minimum Gasteiger partial charge on any atom is -0.492 e. The number of ether oxygens (including phenoxy) is 1. The van der Waals surface area contributed by atoms with Crippen LogP contribution in [0.1, 0.15) is 24.1 Å². The summed E-state index contributed by atoms with van der Waals surface area (Å²) in [4.78, 5) is 5.08. The van der Waals surface area contributed by atoms with Gasteiger partial charge in [0.2, 0.25) is 0 Å². The second-order valence-electron chi connectivity index (χ2n) is 7.57. The van der Waals surface area contributed by atoms with Crippen molar-refractivity contribution in [2.24, 2.45) is 0 Å². The molecule has 1 aromatic heterocycles. The highest BCUT2D eigenvalue weighted by molar-refractivity contribution is 5.23. The number of aromatic nitrogens is 2. The average Bonchev–Trinajstić information content (AvgIpc) is 3.24. The van der Waals surface area contributed by atoms with Gasteiger partial charge in [-0.25, -0.2) is 0 Å². The number of piperazine rings is 1. The van der Waals surface area contributed by atoms with E-state index < -0.39 is 0 Å². The van der Waals surface area contributed by atoms with Crippen LogP contribution >= 0.6 is 0 Å². The topological polar surface area (TPSA) is 33.5 Å². The Morgan fingerprint density at radius 3 is 2.28 bits per heavy atom. The summed E-state index contributed by atoms with van der Waals surface area (Å²) in [6.45, 7) is 8.89. The smallest absolute Gasteiger partial charge is 0.119 e. The van der Waals surface area contributed by atoms with Gasteiger partial charge in [-0.2, -0.15) is 5.10 Å². The molecule has 0 bridgehead atoms. The van der Waals surface area contributed by atoms with Gasteiger partial charge in [-0.1, -0.05) is 48.5 Å². The van der Waals surface area contributed by atoms with Gasteiger partial charge in [0.05, 0.1) is 12.2 Å². The molecule has 0 amide bonds. The normalized spacial score (nSPS) is 16.6. The molecule has 1 atom stereocenters. The summed E-state index contributed by atoms with van der Waals surface area (Å²) in [5.74, 6) is 0.931. The van der Waals surface area contributed by atoms with Gasteiger partial charge in [-0.15, -0.1) is 0 Å². The largest absolute Gasteiger partial charge is 0.492 e. The van der Waals surface area contributed by atoms with E-state index in [0.29, 0.717) is 6.61 Å². The fourth-order valence-electron chi connectivity index (χ4n) is 3.93. The highest BCUT2D eigenvalue weighted by Crippen LogP contribution is 2.24. The Morgan fingerprint density at radius 2 is 1.62 bits per heavy atom. The Balaban J connectivity index is 1.38. The van der Waals surface area contributed by atoms with Crippen LogP contribution in [0, 0.1) is 0 Å². The van der Waals surface area contributed by atoms with Crippen molar-refractivity contribution in [3.63, 3.8) is 0 Å². The highest BCUT2D eigenvalue weighted by Gasteiger charge is 2.26. The molecule has 1 aliphatic rings. The molecule has 4 rings (SSSR count). The van der Waals surface area contributed by atoms with Crippen molar-refractivity contribution in [2.45, 2.75) is 26.1 Å². The van der Waals surface area contributed by atoms with Crippen LogP contribution < -0.4 is 4.74 Å². The first kappa shape index (κ1) is 19.7. The molecule has 0 spiro atoms. The number of rotatable bonds is 8. The fourth-order valence-corrected chi connectivity index (χ4v) is 3.93. The molecule has 0 aliphatic carbocycles. The van der Waals surface area contributed by atoms with E-state index in [2.05, 4.69) is 58.4 Å². The monoisotopic (exact) mass is 390 g/mol. The Labute approximate surface area is 173 Å². The number of para-hydroxylation sites is 1. The first-order valence-corrected chi connectivity index (χ1v) is 10.5. The van der Waals surface area contributed by atoms with Gasteiger partial charge in [-0.05, 0) is 24.6 Å². The van der Waals surface area contributed by atoms with Gasteiger partial charge in [0.15, 0.2) is 0 Å². The third-order valence-corrected chi connectivity index (χ3v) is 5.60. The summed E-state index contributed by atoms with van der Waals surface area (Å²) in [5.41, 5.74) is 2.62. The Kier molecular flexibility index (Phi) is 6.60. The molecule has 3 aromatic rings. The second kappa shape index (κ2) is 9.72. The van der Waals surface area contributed by atoms with Crippen molar-refractivity contribution >= 4 is 0 Å². The summed E-state index contributed by atoms with van der Waals surface area (Å²) in [5, 5.41) is 4.40. The first-order chi connectivity index (χ1) is 14.3. The minimum absolute atomic E-state index is 0.265. The molecule has 0 radical (unpaired) electrons. The number of hydrogen-bond acceptors (Lipinski definition) is 4. The maximum atomic E-state index is 6.15. The van der Waals surface area contributed by atoms with Crippen LogP contribution in [0.4, 0.5) is 0 Å². The Bertz CT molecular complexity index is 857. The standard InChI is InChI=1S/C24H30N4O/c1-2-28-19-21(17-25-28)18-26-13-15-27(16-14-26)24(22-9-5-3-6-10-22)20-29-23-11-7-4-8-12-23/h3-12,17,19,24H,2,13-16,18,20H2,1H3. The summed E-state index contributed by atoms with van der Waals surface area (Å²) in [7, 11) is 0. The number of hydrogen-bond donors (Lipinski definition) is 0. The Morgan fingerprint density at radius 1 is 0.931 bits per heavy atom. The average molecular weight is 391 g/mol. The van der Waals surface area contributed by atoms with Gasteiger partial charge in [-0.3, -0.25) is 14.5 Å². The third-order valence-electron chi connectivity index (χ3n) is 5.60. The number of benzene rings is 2. The van der Waals surface area contributed by atoms with Crippen molar-refractivity contribution in [3.05, 3.63) is 84.2 Å². The molecule has 0 N–H and O–H groups in total. The highest BCUT2D eigenvalue weighted by atomic mass is 16.5. The Hall–Kier alpha value is -2.63. The van der Waals surface area contributed by atoms with Gasteiger partial charge < -0.3 is 4.74 Å². The zero-order chi connectivity index (χ0) is 19.9. The molecular formula is C24H30N4O. The molecule has 1 fully saturated rings. The lowest BCUT2D eigenvalue weighted by Crippen LogP contribution is -2.48. The maximum Gasteiger partial charge on any atom is 0.119 e. The predicted molar refractivity (Wildman–Crippen MR) is 116 cm³/mol. The number of aryl methyl sites for hydroxylation is 1. The quantitative estimate of drug-likeness (QED) is 0.585. The van der Waals surface area contributed by atoms with Crippen molar-refractivity contribution < 1.29 is 4.74 Å². The van der Waals surface area contributed by atoms with Crippen LogP contribution in [-0.4, -0.2) is 52.4 Å². The zero-order valence-electron chi connectivity index (χ0n) is 17.2. The molecule has 5 heteroatoms. The summed E-state index contributed by atoms with van der Waals surface area (Å²) < 4.78 is 8.15. The molecule has 1 aliphatic heterocycles. The molecule has 2 aromatic carbocycles. The zero-order valence-corrected chi connectivity index (χ0v) is 17.2. The first-order valence-electron chi connectivity index (χ1n) is 10.5. The molecule has 1 unspecified atom stereocenters. The second-order valence-corrected chi connectivity index (χ2v) is 7.57. The SMILES string of the molecule is CCn1cc(CN2CCN(C(COc3ccccc3)c3ccccc3)CC2)cn1. The van der Waals surface area contributed by atoms with E-state index in [1.54, 1.807) is 0 Å². The fraction of sp³-hybridized carbons (Fsp3) is 0.375. The molecule has 1 saturated heterocycles. The molecule has 29 heavy (non-hydrogen) atoms. The molecular weight excluding hydrogens is 360 g/mol. The van der Waals surface area contributed by atoms with Crippen LogP contribution in [0.5, 0.6) is 5.75 Å². The van der Waals surface area contributed by atoms with Crippen LogP contribution in [0.2, 0.25) is 0 Å². The van der Waals surface area contributed by atoms with E-state index in [1.807, 2.05) is 41.2 Å². The van der Waals surface area contributed by atoms with Crippen molar-refractivity contribution in [1.82, 2.24) is 19.6 Å². The molecule has 152 valence electrons. The van der Waals surface area contributed by atoms with E-state index in [4.69, 9.17) is 4.74 Å². The molecule has 0 saturated carbocycles. The minimum atomic E-state index is 0.265. The maximum absolute atomic E-state index is 6.15. The number of nitrogens with zero attached hydrogens (tertiary/aromatic N) is 4. The summed E-state index contributed by atoms with van der Waals surface area (Å²) in [6.07, 6.45) is 4.16. The van der Waals surface area contributed by atoms with E-state index in [9.17, 15) is 0 Å². The molecule has 2 heterocycles. The van der Waals surface area contributed by atoms with Gasteiger partial charge >= 0.3 is 0 Å². The van der Waals surface area contributed by atoms with Gasteiger partial charge in [0, 0.05) is 51.0 Å². The van der Waals surface area contributed by atoms with Crippen molar-refractivity contribution in [3.8, 4) is 5.75 Å².